The zero-order valence-corrected chi connectivity index (χ0v) is 19.6. The minimum atomic E-state index is -4.72. The Labute approximate surface area is 199 Å². The molecule has 10 heteroatoms. The summed E-state index contributed by atoms with van der Waals surface area (Å²) in [5.74, 6) is -0.558. The number of aryl methyl sites for hydroxylation is 2. The van der Waals surface area contributed by atoms with E-state index in [0.717, 1.165) is 27.9 Å². The van der Waals surface area contributed by atoms with Gasteiger partial charge in [0, 0.05) is 22.6 Å². The topological polar surface area (TPSA) is 64.4 Å². The van der Waals surface area contributed by atoms with Crippen molar-refractivity contribution >= 4 is 24.3 Å². The fourth-order valence-electron chi connectivity index (χ4n) is 4.29. The zero-order valence-electron chi connectivity index (χ0n) is 18.7. The number of benzene rings is 2. The van der Waals surface area contributed by atoms with E-state index in [0.29, 0.717) is 29.8 Å². The predicted octanol–water partition coefficient (Wildman–Crippen LogP) is 4.36. The molecule has 1 aliphatic heterocycles. The highest BCUT2D eigenvalue weighted by atomic mass is 32.1. The highest BCUT2D eigenvalue weighted by molar-refractivity contribution is 7.80. The summed E-state index contributed by atoms with van der Waals surface area (Å²) in [4.78, 5) is 27.3. The lowest BCUT2D eigenvalue weighted by Crippen LogP contribution is -2.35. The molecular formula is C24H22F3N3O3S. The molecule has 2 heterocycles. The van der Waals surface area contributed by atoms with Gasteiger partial charge in [-0.3, -0.25) is 9.59 Å². The maximum Gasteiger partial charge on any atom is 0.418 e. The first kappa shape index (κ1) is 23.9. The van der Waals surface area contributed by atoms with Crippen molar-refractivity contribution in [3.8, 4) is 16.9 Å². The monoisotopic (exact) mass is 489 g/mol. The third-order valence-electron chi connectivity index (χ3n) is 5.67. The van der Waals surface area contributed by atoms with Crippen LogP contribution in [0.25, 0.3) is 16.9 Å². The molecule has 0 saturated heterocycles. The average molecular weight is 490 g/mol. The summed E-state index contributed by atoms with van der Waals surface area (Å²) in [6.45, 7) is 3.94. The average Bonchev–Trinajstić information content (AvgIpc) is 3.16. The maximum absolute atomic E-state index is 13.9. The Morgan fingerprint density at radius 1 is 1.15 bits per heavy atom. The smallest absolute Gasteiger partial charge is 0.418 e. The highest BCUT2D eigenvalue weighted by Crippen LogP contribution is 2.37. The van der Waals surface area contributed by atoms with Crippen molar-refractivity contribution < 1.29 is 22.7 Å². The summed E-state index contributed by atoms with van der Waals surface area (Å²) in [6.07, 6.45) is -4.31. The number of halogens is 3. The van der Waals surface area contributed by atoms with E-state index in [2.05, 4.69) is 17.7 Å². The SMILES string of the molecule is COC(=O)CN1CCc2c(-c3cc(C)cc(C)c3)nn(-c3cc(S)ccc3C(F)(F)F)c(=O)c21. The summed E-state index contributed by atoms with van der Waals surface area (Å²) in [7, 11) is 1.24. The number of anilines is 1. The molecule has 3 aromatic rings. The van der Waals surface area contributed by atoms with Crippen LogP contribution in [0.3, 0.4) is 0 Å². The zero-order chi connectivity index (χ0) is 24.8. The van der Waals surface area contributed by atoms with Crippen molar-refractivity contribution in [1.29, 1.82) is 0 Å². The number of nitrogens with zero attached hydrogens (tertiary/aromatic N) is 3. The van der Waals surface area contributed by atoms with Crippen LogP contribution in [0.1, 0.15) is 22.3 Å². The van der Waals surface area contributed by atoms with Gasteiger partial charge in [-0.1, -0.05) is 17.2 Å². The number of thiol groups is 1. The van der Waals surface area contributed by atoms with Gasteiger partial charge in [0.15, 0.2) is 0 Å². The number of ether oxygens (including phenoxy) is 1. The number of alkyl halides is 3. The van der Waals surface area contributed by atoms with Crippen LogP contribution in [0.5, 0.6) is 0 Å². The fourth-order valence-corrected chi connectivity index (χ4v) is 4.49. The first-order valence-electron chi connectivity index (χ1n) is 10.5. The van der Waals surface area contributed by atoms with Gasteiger partial charge < -0.3 is 9.64 Å². The molecule has 0 aliphatic carbocycles. The molecule has 0 bridgehead atoms. The minimum Gasteiger partial charge on any atom is -0.468 e. The predicted molar refractivity (Wildman–Crippen MR) is 125 cm³/mol. The molecule has 178 valence electrons. The van der Waals surface area contributed by atoms with Gasteiger partial charge in [-0.05, 0) is 50.6 Å². The van der Waals surface area contributed by atoms with Crippen LogP contribution in [0, 0.1) is 13.8 Å². The normalized spacial score (nSPS) is 13.2. The third-order valence-corrected chi connectivity index (χ3v) is 5.95. The van der Waals surface area contributed by atoms with Crippen molar-refractivity contribution in [2.75, 3.05) is 25.1 Å². The Morgan fingerprint density at radius 3 is 2.44 bits per heavy atom. The van der Waals surface area contributed by atoms with Crippen LogP contribution in [-0.2, 0) is 22.1 Å². The van der Waals surface area contributed by atoms with Gasteiger partial charge in [0.1, 0.15) is 12.2 Å². The molecule has 0 radical (unpaired) electrons. The maximum atomic E-state index is 13.9. The number of carbonyl (C=O) groups excluding carboxylic acids is 1. The van der Waals surface area contributed by atoms with Crippen LogP contribution >= 0.6 is 12.6 Å². The molecule has 4 rings (SSSR count). The summed E-state index contributed by atoms with van der Waals surface area (Å²) in [5.41, 5.74) is 1.52. The minimum absolute atomic E-state index is 0.146. The van der Waals surface area contributed by atoms with Crippen LogP contribution < -0.4 is 10.5 Å². The number of fused-ring (bicyclic) bond motifs is 1. The third kappa shape index (κ3) is 4.42. The standard InChI is InChI=1S/C24H22F3N3O3S/c1-13-8-14(2)10-15(9-13)21-17-6-7-29(12-20(31)33-3)22(17)23(32)30(28-21)19-11-16(34)4-5-18(19)24(25,26)27/h4-5,8-11,34H,6-7,12H2,1-3H3. The second-order valence-corrected chi connectivity index (χ2v) is 8.73. The Balaban J connectivity index is 2.05. The van der Waals surface area contributed by atoms with Gasteiger partial charge in [0.05, 0.1) is 24.1 Å². The molecule has 0 atom stereocenters. The van der Waals surface area contributed by atoms with E-state index in [1.165, 1.54) is 18.1 Å². The van der Waals surface area contributed by atoms with Crippen LogP contribution in [0.2, 0.25) is 0 Å². The van der Waals surface area contributed by atoms with Crippen LogP contribution in [0.4, 0.5) is 18.9 Å². The summed E-state index contributed by atoms with van der Waals surface area (Å²) in [6, 6.07) is 8.96. The van der Waals surface area contributed by atoms with Crippen molar-refractivity contribution in [3.05, 3.63) is 69.0 Å². The van der Waals surface area contributed by atoms with Crippen LogP contribution in [0.15, 0.2) is 46.1 Å². The van der Waals surface area contributed by atoms with E-state index in [1.54, 1.807) is 0 Å². The fraction of sp³-hybridized carbons (Fsp3) is 0.292. The lowest BCUT2D eigenvalue weighted by atomic mass is 10.0. The molecule has 34 heavy (non-hydrogen) atoms. The molecule has 0 unspecified atom stereocenters. The quantitative estimate of drug-likeness (QED) is 0.436. The first-order chi connectivity index (χ1) is 16.0. The van der Waals surface area contributed by atoms with Crippen LogP contribution in [-0.4, -0.2) is 35.9 Å². The van der Waals surface area contributed by atoms with E-state index < -0.39 is 29.0 Å². The molecule has 1 aromatic heterocycles. The number of aromatic nitrogens is 2. The van der Waals surface area contributed by atoms with Gasteiger partial charge in [-0.15, -0.1) is 12.6 Å². The van der Waals surface area contributed by atoms with Gasteiger partial charge in [-0.25, -0.2) is 0 Å². The van der Waals surface area contributed by atoms with E-state index in [4.69, 9.17) is 4.74 Å². The van der Waals surface area contributed by atoms with E-state index >= 15 is 0 Å². The molecular weight excluding hydrogens is 467 g/mol. The summed E-state index contributed by atoms with van der Waals surface area (Å²) < 4.78 is 47.1. The molecule has 6 nitrogen and oxygen atoms in total. The Bertz CT molecular complexity index is 1330. The van der Waals surface area contributed by atoms with Gasteiger partial charge in [0.2, 0.25) is 0 Å². The Hall–Kier alpha value is -3.27. The van der Waals surface area contributed by atoms with E-state index in [1.807, 2.05) is 32.0 Å². The number of esters is 1. The molecule has 0 saturated carbocycles. The molecule has 0 fully saturated rings. The number of carbonyl (C=O) groups is 1. The first-order valence-corrected chi connectivity index (χ1v) is 10.9. The summed E-state index contributed by atoms with van der Waals surface area (Å²) >= 11 is 4.18. The second-order valence-electron chi connectivity index (χ2n) is 8.22. The number of hydrogen-bond donors (Lipinski definition) is 1. The van der Waals surface area contributed by atoms with Crippen molar-refractivity contribution in [1.82, 2.24) is 9.78 Å². The largest absolute Gasteiger partial charge is 0.468 e. The van der Waals surface area contributed by atoms with Crippen molar-refractivity contribution in [2.45, 2.75) is 31.3 Å². The molecule has 0 amide bonds. The molecule has 0 N–H and O–H groups in total. The van der Waals surface area contributed by atoms with Gasteiger partial charge in [0.25, 0.3) is 5.56 Å². The Kier molecular flexibility index (Phi) is 6.20. The summed E-state index contributed by atoms with van der Waals surface area (Å²) in [5, 5.41) is 4.44. The van der Waals surface area contributed by atoms with Gasteiger partial charge in [-0.2, -0.15) is 23.0 Å². The molecule has 0 spiro atoms. The van der Waals surface area contributed by atoms with Crippen molar-refractivity contribution in [3.63, 3.8) is 0 Å². The number of methoxy groups -OCH3 is 1. The lowest BCUT2D eigenvalue weighted by Gasteiger charge is -2.21. The van der Waals surface area contributed by atoms with Crippen molar-refractivity contribution in [2.24, 2.45) is 0 Å². The lowest BCUT2D eigenvalue weighted by molar-refractivity contribution is -0.139. The Morgan fingerprint density at radius 2 is 1.82 bits per heavy atom. The number of rotatable bonds is 4. The molecule has 1 aliphatic rings. The van der Waals surface area contributed by atoms with Gasteiger partial charge >= 0.3 is 12.1 Å². The second kappa shape index (κ2) is 8.83. The highest BCUT2D eigenvalue weighted by Gasteiger charge is 2.36. The molecule has 2 aromatic carbocycles. The van der Waals surface area contributed by atoms with E-state index in [9.17, 15) is 22.8 Å². The van der Waals surface area contributed by atoms with E-state index in [-0.39, 0.29) is 17.1 Å². The number of hydrogen-bond acceptors (Lipinski definition) is 6.